The maximum atomic E-state index is 15.0. The summed E-state index contributed by atoms with van der Waals surface area (Å²) in [6.07, 6.45) is 8.24. The largest absolute Gasteiger partial charge is 0.377 e. The molecule has 30 heavy (non-hydrogen) atoms. The van der Waals surface area contributed by atoms with E-state index in [0.29, 0.717) is 24.5 Å². The van der Waals surface area contributed by atoms with Crippen molar-refractivity contribution >= 4 is 11.9 Å². The average molecular weight is 405 g/mol. The predicted molar refractivity (Wildman–Crippen MR) is 115 cm³/mol. The van der Waals surface area contributed by atoms with Crippen LogP contribution in [0.3, 0.4) is 0 Å². The van der Waals surface area contributed by atoms with Crippen LogP contribution in [0.25, 0.3) is 28.6 Å². The van der Waals surface area contributed by atoms with Gasteiger partial charge in [-0.15, -0.1) is 0 Å². The number of nitrogens with zero attached hydrogens (tertiary/aromatic N) is 5. The van der Waals surface area contributed by atoms with Gasteiger partial charge in [-0.2, -0.15) is 9.49 Å². The third kappa shape index (κ3) is 3.10. The molecular weight excluding hydrogens is 381 g/mol. The van der Waals surface area contributed by atoms with Crippen molar-refractivity contribution < 1.29 is 9.13 Å². The summed E-state index contributed by atoms with van der Waals surface area (Å²) in [6, 6.07) is 4.21. The Bertz CT molecular complexity index is 1130. The molecule has 0 radical (unpaired) electrons. The van der Waals surface area contributed by atoms with Crippen molar-refractivity contribution in [1.29, 1.82) is 0 Å². The smallest absolute Gasteiger partial charge is 0.222 e. The molecule has 1 saturated heterocycles. The van der Waals surface area contributed by atoms with Gasteiger partial charge in [0.15, 0.2) is 0 Å². The first-order valence-corrected chi connectivity index (χ1v) is 10.2. The molecule has 1 aliphatic carbocycles. The van der Waals surface area contributed by atoms with Crippen LogP contribution in [-0.4, -0.2) is 45.5 Å². The number of pyridine rings is 2. The van der Waals surface area contributed by atoms with Crippen LogP contribution in [0.2, 0.25) is 0 Å². The zero-order valence-electron chi connectivity index (χ0n) is 17.4. The molecule has 1 atom stereocenters. The van der Waals surface area contributed by atoms with E-state index < -0.39 is 5.95 Å². The summed E-state index contributed by atoms with van der Waals surface area (Å²) in [5.41, 5.74) is 5.97. The molecule has 3 aromatic heterocycles. The molecule has 0 amide bonds. The van der Waals surface area contributed by atoms with Gasteiger partial charge in [0, 0.05) is 25.4 Å². The number of halogens is 1. The minimum atomic E-state index is -0.493. The average Bonchev–Trinajstić information content (AvgIpc) is 3.34. The summed E-state index contributed by atoms with van der Waals surface area (Å²) in [5.74, 6) is 0.325. The highest BCUT2D eigenvalue weighted by atomic mass is 19.1. The Hall–Kier alpha value is -3.06. The van der Waals surface area contributed by atoms with Gasteiger partial charge in [0.2, 0.25) is 5.95 Å². The zero-order valence-corrected chi connectivity index (χ0v) is 17.4. The van der Waals surface area contributed by atoms with E-state index in [9.17, 15) is 4.39 Å². The van der Waals surface area contributed by atoms with Crippen LogP contribution < -0.4 is 4.90 Å². The lowest BCUT2D eigenvalue weighted by Crippen LogP contribution is -2.44. The predicted octanol–water partition coefficient (Wildman–Crippen LogP) is 3.79. The second-order valence-corrected chi connectivity index (χ2v) is 7.99. The number of hydrogen-bond donors (Lipinski definition) is 0. The summed E-state index contributed by atoms with van der Waals surface area (Å²) >= 11 is 0. The molecule has 0 N–H and O–H groups in total. The maximum Gasteiger partial charge on any atom is 0.222 e. The van der Waals surface area contributed by atoms with Gasteiger partial charge < -0.3 is 9.64 Å². The van der Waals surface area contributed by atoms with E-state index in [1.807, 2.05) is 43.1 Å². The van der Waals surface area contributed by atoms with Crippen LogP contribution in [0.15, 0.2) is 30.6 Å². The normalized spacial score (nSPS) is 18.1. The van der Waals surface area contributed by atoms with Crippen molar-refractivity contribution in [3.8, 4) is 22.5 Å². The fourth-order valence-electron chi connectivity index (χ4n) is 4.40. The molecule has 0 saturated carbocycles. The summed E-state index contributed by atoms with van der Waals surface area (Å²) in [6.45, 7) is 6.19. The highest BCUT2D eigenvalue weighted by Gasteiger charge is 2.25. The van der Waals surface area contributed by atoms with Crippen molar-refractivity contribution in [1.82, 2.24) is 19.7 Å². The molecule has 4 heterocycles. The van der Waals surface area contributed by atoms with Gasteiger partial charge in [0.25, 0.3) is 0 Å². The Morgan fingerprint density at radius 3 is 2.87 bits per heavy atom. The van der Waals surface area contributed by atoms with Gasteiger partial charge in [0.1, 0.15) is 5.82 Å². The summed E-state index contributed by atoms with van der Waals surface area (Å²) in [4.78, 5) is 11.2. The Labute approximate surface area is 175 Å². The molecule has 0 unspecified atom stereocenters. The minimum absolute atomic E-state index is 0.186. The minimum Gasteiger partial charge on any atom is -0.377 e. The van der Waals surface area contributed by atoms with Crippen LogP contribution in [0.1, 0.15) is 23.6 Å². The maximum absolute atomic E-state index is 15.0. The quantitative estimate of drug-likeness (QED) is 0.621. The molecule has 0 spiro atoms. The lowest BCUT2D eigenvalue weighted by atomic mass is 10.0. The highest BCUT2D eigenvalue weighted by Crippen LogP contribution is 2.36. The van der Waals surface area contributed by atoms with E-state index in [1.54, 1.807) is 6.20 Å². The first-order chi connectivity index (χ1) is 14.5. The van der Waals surface area contributed by atoms with Gasteiger partial charge >= 0.3 is 0 Å². The van der Waals surface area contributed by atoms with Crippen molar-refractivity contribution in [2.75, 3.05) is 24.7 Å². The Morgan fingerprint density at radius 1 is 1.23 bits per heavy atom. The molecule has 0 bridgehead atoms. The van der Waals surface area contributed by atoms with Gasteiger partial charge in [-0.05, 0) is 49.1 Å². The Balaban J connectivity index is 1.74. The number of ether oxygens (including phenoxy) is 1. The summed E-state index contributed by atoms with van der Waals surface area (Å²) in [5, 5.41) is 4.39. The summed E-state index contributed by atoms with van der Waals surface area (Å²) < 4.78 is 22.4. The molecule has 7 heteroatoms. The van der Waals surface area contributed by atoms with Crippen LogP contribution in [0.5, 0.6) is 0 Å². The van der Waals surface area contributed by atoms with Gasteiger partial charge in [-0.3, -0.25) is 4.68 Å². The van der Waals surface area contributed by atoms with E-state index in [-0.39, 0.29) is 6.04 Å². The Morgan fingerprint density at radius 2 is 2.10 bits per heavy atom. The van der Waals surface area contributed by atoms with Crippen molar-refractivity contribution in [3.05, 3.63) is 53.2 Å². The molecule has 1 fully saturated rings. The number of aryl methyl sites for hydroxylation is 2. The fourth-order valence-corrected chi connectivity index (χ4v) is 4.40. The van der Waals surface area contributed by atoms with Crippen LogP contribution in [0, 0.1) is 12.9 Å². The first-order valence-electron chi connectivity index (χ1n) is 10.2. The van der Waals surface area contributed by atoms with Crippen LogP contribution in [-0.2, 0) is 18.2 Å². The van der Waals surface area contributed by atoms with Crippen molar-refractivity contribution in [3.63, 3.8) is 0 Å². The summed E-state index contributed by atoms with van der Waals surface area (Å²) in [7, 11) is 1.92. The lowest BCUT2D eigenvalue weighted by molar-refractivity contribution is 0.0985. The SMILES string of the molecule is Cc1cnn(C)c1-c1cc(-c2c(F)ncc3c2C=CC3)nc(N2CCOC[C@H]2C)c1. The molecule has 3 aromatic rings. The molecular formula is C23H24FN5O. The number of aromatic nitrogens is 4. The fraction of sp³-hybridized carbons (Fsp3) is 0.348. The van der Waals surface area contributed by atoms with Crippen LogP contribution >= 0.6 is 0 Å². The number of hydrogen-bond acceptors (Lipinski definition) is 5. The molecule has 6 nitrogen and oxygen atoms in total. The zero-order chi connectivity index (χ0) is 20.8. The van der Waals surface area contributed by atoms with Crippen molar-refractivity contribution in [2.24, 2.45) is 7.05 Å². The number of allylic oxidation sites excluding steroid dienone is 1. The second kappa shape index (κ2) is 7.32. The number of anilines is 1. The van der Waals surface area contributed by atoms with Gasteiger partial charge in [0.05, 0.1) is 42.4 Å². The number of morpholine rings is 1. The third-order valence-electron chi connectivity index (χ3n) is 5.90. The lowest BCUT2D eigenvalue weighted by Gasteiger charge is -2.34. The molecule has 0 aromatic carbocycles. The van der Waals surface area contributed by atoms with Gasteiger partial charge in [-0.25, -0.2) is 9.97 Å². The number of rotatable bonds is 3. The van der Waals surface area contributed by atoms with Gasteiger partial charge in [-0.1, -0.05) is 12.2 Å². The van der Waals surface area contributed by atoms with Crippen molar-refractivity contribution in [2.45, 2.75) is 26.3 Å². The number of fused-ring (bicyclic) bond motifs is 1. The molecule has 154 valence electrons. The first kappa shape index (κ1) is 18.9. The second-order valence-electron chi connectivity index (χ2n) is 7.99. The van der Waals surface area contributed by atoms with E-state index in [1.165, 1.54) is 0 Å². The van der Waals surface area contributed by atoms with E-state index in [4.69, 9.17) is 9.72 Å². The highest BCUT2D eigenvalue weighted by molar-refractivity contribution is 5.81. The van der Waals surface area contributed by atoms with E-state index in [0.717, 1.165) is 46.7 Å². The standard InChI is InChI=1S/C23H24FN5O/c1-14-11-26-28(3)22(14)17-9-19(21-18-6-4-5-16(18)12-25-23(21)24)27-20(10-17)29-7-8-30-13-15(29)2/h4,6,9-12,15H,5,7-8,13H2,1-3H3/t15-/m1/s1. The monoisotopic (exact) mass is 405 g/mol. The molecule has 1 aliphatic heterocycles. The van der Waals surface area contributed by atoms with E-state index >= 15 is 0 Å². The van der Waals surface area contributed by atoms with E-state index in [2.05, 4.69) is 28.0 Å². The Kier molecular flexibility index (Phi) is 4.62. The third-order valence-corrected chi connectivity index (χ3v) is 5.90. The molecule has 5 rings (SSSR count). The molecule has 2 aliphatic rings. The van der Waals surface area contributed by atoms with Crippen LogP contribution in [0.4, 0.5) is 10.2 Å². The topological polar surface area (TPSA) is 56.1 Å².